The van der Waals surface area contributed by atoms with Crippen LogP contribution in [0.25, 0.3) is 0 Å². The normalized spacial score (nSPS) is 13.9. The van der Waals surface area contributed by atoms with Crippen LogP contribution in [0.3, 0.4) is 0 Å². The molecule has 0 fully saturated rings. The molecule has 1 aromatic rings. The molecule has 0 saturated heterocycles. The first-order chi connectivity index (χ1) is 9.22. The number of pyridine rings is 1. The Hall–Kier alpha value is -1.01. The molecule has 7 heteroatoms. The van der Waals surface area contributed by atoms with Gasteiger partial charge in [-0.1, -0.05) is 25.4 Å². The molecule has 112 valence electrons. The van der Waals surface area contributed by atoms with E-state index in [1.165, 1.54) is 0 Å². The number of hydrogen-bond donors (Lipinski definition) is 2. The lowest BCUT2D eigenvalue weighted by molar-refractivity contribution is 0.141. The second-order valence-electron chi connectivity index (χ2n) is 5.32. The van der Waals surface area contributed by atoms with E-state index in [0.29, 0.717) is 17.4 Å². The molecule has 5 nitrogen and oxygen atoms in total. The summed E-state index contributed by atoms with van der Waals surface area (Å²) in [6.45, 7) is 6.00. The summed E-state index contributed by atoms with van der Waals surface area (Å²) < 4.78 is 6.32. The molecule has 0 aliphatic rings. The molecule has 0 aliphatic carbocycles. The summed E-state index contributed by atoms with van der Waals surface area (Å²) in [5, 5.41) is 11.8. The van der Waals surface area contributed by atoms with Crippen LogP contribution in [0.4, 0.5) is 4.79 Å². The number of aromatic nitrogens is 1. The SMILES string of the molecule is CC(C)CC(C)(COc1ncc(Br)cc1Cl)NC(=O)O. The highest BCUT2D eigenvalue weighted by atomic mass is 79.9. The second-order valence-corrected chi connectivity index (χ2v) is 6.64. The van der Waals surface area contributed by atoms with Gasteiger partial charge in [-0.25, -0.2) is 9.78 Å². The second kappa shape index (κ2) is 7.13. The summed E-state index contributed by atoms with van der Waals surface area (Å²) in [7, 11) is 0. The van der Waals surface area contributed by atoms with Crippen LogP contribution in [-0.2, 0) is 0 Å². The summed E-state index contributed by atoms with van der Waals surface area (Å²) in [5.41, 5.74) is -0.696. The molecule has 0 radical (unpaired) electrons. The molecule has 2 N–H and O–H groups in total. The zero-order valence-electron chi connectivity index (χ0n) is 11.6. The van der Waals surface area contributed by atoms with Crippen LogP contribution in [-0.4, -0.2) is 28.3 Å². The maximum absolute atomic E-state index is 10.9. The molecule has 0 bridgehead atoms. The van der Waals surface area contributed by atoms with Crippen molar-refractivity contribution in [1.82, 2.24) is 10.3 Å². The van der Waals surface area contributed by atoms with Crippen molar-refractivity contribution in [3.05, 3.63) is 21.8 Å². The first-order valence-corrected chi connectivity index (χ1v) is 7.34. The van der Waals surface area contributed by atoms with Crippen molar-refractivity contribution < 1.29 is 14.6 Å². The van der Waals surface area contributed by atoms with Crippen LogP contribution < -0.4 is 10.1 Å². The van der Waals surface area contributed by atoms with Gasteiger partial charge in [-0.2, -0.15) is 0 Å². The van der Waals surface area contributed by atoms with Crippen molar-refractivity contribution in [2.75, 3.05) is 6.61 Å². The minimum absolute atomic E-state index is 0.159. The molecule has 0 spiro atoms. The highest BCUT2D eigenvalue weighted by Gasteiger charge is 2.29. The summed E-state index contributed by atoms with van der Waals surface area (Å²) >= 11 is 9.28. The number of carbonyl (C=O) groups is 1. The van der Waals surface area contributed by atoms with E-state index in [-0.39, 0.29) is 12.5 Å². The van der Waals surface area contributed by atoms with Gasteiger partial charge in [-0.3, -0.25) is 0 Å². The topological polar surface area (TPSA) is 71.5 Å². The van der Waals surface area contributed by atoms with Crippen molar-refractivity contribution in [3.8, 4) is 5.88 Å². The minimum atomic E-state index is -1.08. The molecule has 1 amide bonds. The van der Waals surface area contributed by atoms with Gasteiger partial charge in [0.2, 0.25) is 5.88 Å². The maximum Gasteiger partial charge on any atom is 0.405 e. The predicted octanol–water partition coefficient (Wildman–Crippen LogP) is 3.95. The lowest BCUT2D eigenvalue weighted by Gasteiger charge is -2.30. The van der Waals surface area contributed by atoms with E-state index >= 15 is 0 Å². The van der Waals surface area contributed by atoms with E-state index in [9.17, 15) is 4.79 Å². The van der Waals surface area contributed by atoms with Crippen LogP contribution in [0.2, 0.25) is 5.02 Å². The Morgan fingerprint density at radius 2 is 2.30 bits per heavy atom. The average molecular weight is 366 g/mol. The number of hydrogen-bond acceptors (Lipinski definition) is 3. The van der Waals surface area contributed by atoms with Crippen LogP contribution >= 0.6 is 27.5 Å². The number of nitrogens with zero attached hydrogens (tertiary/aromatic N) is 1. The number of carboxylic acid groups (broad SMARTS) is 1. The fraction of sp³-hybridized carbons (Fsp3) is 0.538. The fourth-order valence-electron chi connectivity index (χ4n) is 2.04. The first-order valence-electron chi connectivity index (χ1n) is 6.17. The van der Waals surface area contributed by atoms with Gasteiger partial charge in [0.05, 0.1) is 5.54 Å². The van der Waals surface area contributed by atoms with Crippen LogP contribution in [0.15, 0.2) is 16.7 Å². The summed E-state index contributed by atoms with van der Waals surface area (Å²) in [5.74, 6) is 0.612. The molecule has 0 saturated carbocycles. The number of halogens is 2. The van der Waals surface area contributed by atoms with E-state index in [0.717, 1.165) is 4.47 Å². The zero-order valence-corrected chi connectivity index (χ0v) is 14.0. The molecule has 20 heavy (non-hydrogen) atoms. The van der Waals surface area contributed by atoms with Gasteiger partial charge in [0.1, 0.15) is 11.6 Å². The van der Waals surface area contributed by atoms with Gasteiger partial charge in [-0.15, -0.1) is 0 Å². The standard InChI is InChI=1S/C13H18BrClN2O3/c1-8(2)5-13(3,17-12(18)19)7-20-11-10(15)4-9(14)6-16-11/h4,6,8,17H,5,7H2,1-3H3,(H,18,19). The van der Waals surface area contributed by atoms with Crippen molar-refractivity contribution in [1.29, 1.82) is 0 Å². The van der Waals surface area contributed by atoms with Gasteiger partial charge < -0.3 is 15.2 Å². The summed E-state index contributed by atoms with van der Waals surface area (Å²) in [6.07, 6.45) is 1.14. The minimum Gasteiger partial charge on any atom is -0.474 e. The predicted molar refractivity (Wildman–Crippen MR) is 81.5 cm³/mol. The third-order valence-corrected chi connectivity index (χ3v) is 3.27. The van der Waals surface area contributed by atoms with Crippen molar-refractivity contribution in [2.45, 2.75) is 32.7 Å². The Balaban J connectivity index is 2.77. The van der Waals surface area contributed by atoms with Crippen molar-refractivity contribution in [3.63, 3.8) is 0 Å². The lowest BCUT2D eigenvalue weighted by Crippen LogP contribution is -2.50. The summed E-state index contributed by atoms with van der Waals surface area (Å²) in [4.78, 5) is 15.0. The fourth-order valence-corrected chi connectivity index (χ4v) is 2.73. The molecule has 1 aromatic heterocycles. The summed E-state index contributed by atoms with van der Waals surface area (Å²) in [6, 6.07) is 1.67. The van der Waals surface area contributed by atoms with E-state index in [1.807, 2.05) is 13.8 Å². The average Bonchev–Trinajstić information content (AvgIpc) is 2.25. The quantitative estimate of drug-likeness (QED) is 0.800. The van der Waals surface area contributed by atoms with Crippen molar-refractivity contribution >= 4 is 33.6 Å². The molecule has 1 atom stereocenters. The number of amides is 1. The Kier molecular flexibility index (Phi) is 6.07. The number of rotatable bonds is 6. The lowest BCUT2D eigenvalue weighted by atomic mass is 9.91. The van der Waals surface area contributed by atoms with Gasteiger partial charge in [0, 0.05) is 10.7 Å². The Bertz CT molecular complexity index is 485. The Morgan fingerprint density at radius 3 is 2.80 bits per heavy atom. The molecule has 1 heterocycles. The Morgan fingerprint density at radius 1 is 1.65 bits per heavy atom. The largest absolute Gasteiger partial charge is 0.474 e. The highest BCUT2D eigenvalue weighted by molar-refractivity contribution is 9.10. The van der Waals surface area contributed by atoms with Gasteiger partial charge in [-0.05, 0) is 41.3 Å². The zero-order chi connectivity index (χ0) is 15.3. The van der Waals surface area contributed by atoms with Gasteiger partial charge in [0.15, 0.2) is 0 Å². The van der Waals surface area contributed by atoms with E-state index in [4.69, 9.17) is 21.4 Å². The third kappa shape index (κ3) is 5.54. The Labute approximate surface area is 131 Å². The molecule has 1 rings (SSSR count). The number of nitrogens with one attached hydrogen (secondary N) is 1. The van der Waals surface area contributed by atoms with E-state index in [2.05, 4.69) is 26.2 Å². The van der Waals surface area contributed by atoms with Crippen LogP contribution in [0.5, 0.6) is 5.88 Å². The van der Waals surface area contributed by atoms with Crippen LogP contribution in [0, 0.1) is 5.92 Å². The smallest absolute Gasteiger partial charge is 0.405 e. The van der Waals surface area contributed by atoms with E-state index in [1.54, 1.807) is 19.2 Å². The monoisotopic (exact) mass is 364 g/mol. The van der Waals surface area contributed by atoms with Gasteiger partial charge >= 0.3 is 6.09 Å². The number of ether oxygens (including phenoxy) is 1. The molecule has 0 aliphatic heterocycles. The molecular weight excluding hydrogens is 348 g/mol. The van der Waals surface area contributed by atoms with Crippen molar-refractivity contribution in [2.24, 2.45) is 5.92 Å². The van der Waals surface area contributed by atoms with E-state index < -0.39 is 11.6 Å². The maximum atomic E-state index is 10.9. The first kappa shape index (κ1) is 17.0. The molecular formula is C13H18BrClN2O3. The van der Waals surface area contributed by atoms with Crippen LogP contribution in [0.1, 0.15) is 27.2 Å². The van der Waals surface area contributed by atoms with Gasteiger partial charge in [0.25, 0.3) is 0 Å². The highest BCUT2D eigenvalue weighted by Crippen LogP contribution is 2.26. The molecule has 0 aromatic carbocycles. The third-order valence-electron chi connectivity index (χ3n) is 2.57. The molecule has 1 unspecified atom stereocenters.